The molecular weight excluding hydrogens is 240 g/mol. The molecule has 2 amide bonds. The summed E-state index contributed by atoms with van der Waals surface area (Å²) < 4.78 is 4.52. The molecule has 7 heteroatoms. The average molecular weight is 260 g/mol. The monoisotopic (exact) mass is 260 g/mol. The highest BCUT2D eigenvalue weighted by atomic mass is 16.5. The van der Waals surface area contributed by atoms with Crippen LogP contribution < -0.4 is 10.6 Å². The van der Waals surface area contributed by atoms with Crippen molar-refractivity contribution in [1.82, 2.24) is 10.6 Å². The molecule has 18 heavy (non-hydrogen) atoms. The van der Waals surface area contributed by atoms with Gasteiger partial charge in [-0.15, -0.1) is 0 Å². The zero-order valence-corrected chi connectivity index (χ0v) is 10.9. The summed E-state index contributed by atoms with van der Waals surface area (Å²) in [5.74, 6) is -1.46. The molecule has 0 rings (SSSR count). The van der Waals surface area contributed by atoms with Gasteiger partial charge in [-0.1, -0.05) is 13.8 Å². The molecule has 7 nitrogen and oxygen atoms in total. The highest BCUT2D eigenvalue weighted by molar-refractivity contribution is 5.93. The Bertz CT molecular complexity index is 304. The quantitative estimate of drug-likeness (QED) is 0.610. The molecule has 0 aliphatic carbocycles. The maximum absolute atomic E-state index is 11.3. The number of imide groups is 1. The first kappa shape index (κ1) is 16.4. The Morgan fingerprint density at radius 3 is 2.33 bits per heavy atom. The minimum Gasteiger partial charge on any atom is -0.480 e. The Hall–Kier alpha value is -1.63. The SMILES string of the molecule is CCOC(=O)NC(=O)CNC(CC(C)C)C(=O)O. The fourth-order valence-electron chi connectivity index (χ4n) is 1.28. The molecule has 0 aromatic rings. The fraction of sp³-hybridized carbons (Fsp3) is 0.727. The number of carbonyl (C=O) groups is 3. The Morgan fingerprint density at radius 1 is 1.28 bits per heavy atom. The van der Waals surface area contributed by atoms with Crippen LogP contribution in [0.3, 0.4) is 0 Å². The van der Waals surface area contributed by atoms with E-state index < -0.39 is 24.0 Å². The maximum atomic E-state index is 11.3. The molecule has 0 saturated carbocycles. The highest BCUT2D eigenvalue weighted by Crippen LogP contribution is 2.04. The van der Waals surface area contributed by atoms with Crippen LogP contribution >= 0.6 is 0 Å². The summed E-state index contributed by atoms with van der Waals surface area (Å²) in [7, 11) is 0. The highest BCUT2D eigenvalue weighted by Gasteiger charge is 2.19. The van der Waals surface area contributed by atoms with Gasteiger partial charge in [-0.2, -0.15) is 0 Å². The molecule has 1 atom stereocenters. The van der Waals surface area contributed by atoms with Gasteiger partial charge in [0, 0.05) is 0 Å². The predicted molar refractivity (Wildman–Crippen MR) is 64.0 cm³/mol. The van der Waals surface area contributed by atoms with Crippen LogP contribution in [-0.4, -0.2) is 42.3 Å². The number of hydrogen-bond donors (Lipinski definition) is 3. The molecule has 0 spiro atoms. The lowest BCUT2D eigenvalue weighted by atomic mass is 10.0. The van der Waals surface area contributed by atoms with Crippen LogP contribution in [-0.2, 0) is 14.3 Å². The second kappa shape index (κ2) is 8.46. The number of alkyl carbamates (subject to hydrolysis) is 1. The summed E-state index contributed by atoms with van der Waals surface area (Å²) in [6.45, 7) is 5.30. The van der Waals surface area contributed by atoms with Gasteiger partial charge < -0.3 is 9.84 Å². The summed E-state index contributed by atoms with van der Waals surface area (Å²) in [5.41, 5.74) is 0. The first-order chi connectivity index (χ1) is 8.36. The number of carboxylic acid groups (broad SMARTS) is 1. The molecule has 104 valence electrons. The van der Waals surface area contributed by atoms with E-state index in [2.05, 4.69) is 10.1 Å². The van der Waals surface area contributed by atoms with Gasteiger partial charge in [-0.05, 0) is 19.3 Å². The van der Waals surface area contributed by atoms with Crippen molar-refractivity contribution >= 4 is 18.0 Å². The molecule has 0 heterocycles. The molecule has 0 aromatic carbocycles. The molecular formula is C11H20N2O5. The third kappa shape index (κ3) is 7.61. The smallest absolute Gasteiger partial charge is 0.413 e. The van der Waals surface area contributed by atoms with Gasteiger partial charge >= 0.3 is 12.1 Å². The van der Waals surface area contributed by atoms with E-state index in [0.29, 0.717) is 6.42 Å². The van der Waals surface area contributed by atoms with Crippen molar-refractivity contribution in [2.24, 2.45) is 5.92 Å². The average Bonchev–Trinajstić information content (AvgIpc) is 2.23. The van der Waals surface area contributed by atoms with E-state index in [1.807, 2.05) is 19.2 Å². The lowest BCUT2D eigenvalue weighted by molar-refractivity contribution is -0.140. The molecule has 0 bridgehead atoms. The van der Waals surface area contributed by atoms with E-state index in [4.69, 9.17) is 5.11 Å². The third-order valence-corrected chi connectivity index (χ3v) is 2.03. The summed E-state index contributed by atoms with van der Waals surface area (Å²) in [4.78, 5) is 33.1. The largest absolute Gasteiger partial charge is 0.480 e. The van der Waals surface area contributed by atoms with Crippen LogP contribution in [0.5, 0.6) is 0 Å². The van der Waals surface area contributed by atoms with Crippen molar-refractivity contribution in [2.45, 2.75) is 33.2 Å². The fourth-order valence-corrected chi connectivity index (χ4v) is 1.28. The van der Waals surface area contributed by atoms with Gasteiger partial charge in [0.2, 0.25) is 5.91 Å². The second-order valence-electron chi connectivity index (χ2n) is 4.17. The van der Waals surface area contributed by atoms with Crippen molar-refractivity contribution < 1.29 is 24.2 Å². The Labute approximate surface area is 106 Å². The van der Waals surface area contributed by atoms with Crippen LogP contribution in [0, 0.1) is 5.92 Å². The van der Waals surface area contributed by atoms with Crippen molar-refractivity contribution in [3.05, 3.63) is 0 Å². The van der Waals surface area contributed by atoms with E-state index in [1.165, 1.54) is 0 Å². The van der Waals surface area contributed by atoms with Crippen molar-refractivity contribution in [3.8, 4) is 0 Å². The first-order valence-electron chi connectivity index (χ1n) is 5.79. The number of rotatable bonds is 7. The summed E-state index contributed by atoms with van der Waals surface area (Å²) in [6.07, 6.45) is -0.429. The Balaban J connectivity index is 4.07. The van der Waals surface area contributed by atoms with Crippen molar-refractivity contribution in [3.63, 3.8) is 0 Å². The number of amides is 2. The Kier molecular flexibility index (Phi) is 7.69. The van der Waals surface area contributed by atoms with Crippen LogP contribution in [0.15, 0.2) is 0 Å². The van der Waals surface area contributed by atoms with E-state index in [9.17, 15) is 14.4 Å². The number of nitrogens with one attached hydrogen (secondary N) is 2. The van der Waals surface area contributed by atoms with Crippen molar-refractivity contribution in [2.75, 3.05) is 13.2 Å². The topological polar surface area (TPSA) is 105 Å². The minimum atomic E-state index is -1.02. The molecule has 0 aromatic heterocycles. The van der Waals surface area contributed by atoms with Gasteiger partial charge in [0.05, 0.1) is 13.2 Å². The van der Waals surface area contributed by atoms with Gasteiger partial charge in [0.1, 0.15) is 6.04 Å². The van der Waals surface area contributed by atoms with Crippen LogP contribution in [0.4, 0.5) is 4.79 Å². The third-order valence-electron chi connectivity index (χ3n) is 2.03. The summed E-state index contributed by atoms with van der Waals surface area (Å²) in [5, 5.41) is 13.5. The van der Waals surface area contributed by atoms with Crippen LogP contribution in [0.1, 0.15) is 27.2 Å². The lowest BCUT2D eigenvalue weighted by Gasteiger charge is -2.15. The number of ether oxygens (including phenoxy) is 1. The summed E-state index contributed by atoms with van der Waals surface area (Å²) >= 11 is 0. The van der Waals surface area contributed by atoms with E-state index >= 15 is 0 Å². The first-order valence-corrected chi connectivity index (χ1v) is 5.79. The predicted octanol–water partition coefficient (Wildman–Crippen LogP) is 0.348. The van der Waals surface area contributed by atoms with Crippen LogP contribution in [0.25, 0.3) is 0 Å². The number of aliphatic carboxylic acids is 1. The number of carbonyl (C=O) groups excluding carboxylic acids is 2. The van der Waals surface area contributed by atoms with E-state index in [-0.39, 0.29) is 19.1 Å². The zero-order valence-electron chi connectivity index (χ0n) is 10.9. The van der Waals surface area contributed by atoms with Crippen LogP contribution in [0.2, 0.25) is 0 Å². The van der Waals surface area contributed by atoms with Gasteiger partial charge in [0.25, 0.3) is 0 Å². The number of carboxylic acids is 1. The second-order valence-corrected chi connectivity index (χ2v) is 4.17. The van der Waals surface area contributed by atoms with Gasteiger partial charge in [-0.25, -0.2) is 4.79 Å². The molecule has 1 unspecified atom stereocenters. The normalized spacial score (nSPS) is 12.0. The lowest BCUT2D eigenvalue weighted by Crippen LogP contribution is -2.45. The zero-order chi connectivity index (χ0) is 14.1. The van der Waals surface area contributed by atoms with Gasteiger partial charge in [-0.3, -0.25) is 20.2 Å². The maximum Gasteiger partial charge on any atom is 0.413 e. The molecule has 0 fully saturated rings. The minimum absolute atomic E-state index is 0.164. The van der Waals surface area contributed by atoms with Gasteiger partial charge in [0.15, 0.2) is 0 Å². The Morgan fingerprint density at radius 2 is 1.89 bits per heavy atom. The van der Waals surface area contributed by atoms with E-state index in [1.54, 1.807) is 6.92 Å². The molecule has 3 N–H and O–H groups in total. The molecule has 0 aliphatic heterocycles. The van der Waals surface area contributed by atoms with E-state index in [0.717, 1.165) is 0 Å². The standard InChI is InChI=1S/C11H20N2O5/c1-4-18-11(17)13-9(14)6-12-8(10(15)16)5-7(2)3/h7-8,12H,4-6H2,1-3H3,(H,15,16)(H,13,14,17). The summed E-state index contributed by atoms with van der Waals surface area (Å²) in [6, 6.07) is -0.807. The molecule has 0 saturated heterocycles. The molecule has 0 aliphatic rings. The number of hydrogen-bond acceptors (Lipinski definition) is 5. The van der Waals surface area contributed by atoms with Crippen molar-refractivity contribution in [1.29, 1.82) is 0 Å². The molecule has 0 radical (unpaired) electrons.